The molecule has 0 radical (unpaired) electrons. The van der Waals surface area contributed by atoms with Crippen LogP contribution in [0.1, 0.15) is 27.4 Å². The average molecular weight is 265 g/mol. The van der Waals surface area contributed by atoms with Crippen LogP contribution in [0.15, 0.2) is 48.5 Å². The van der Waals surface area contributed by atoms with Crippen molar-refractivity contribution in [2.45, 2.75) is 12.8 Å². The highest BCUT2D eigenvalue weighted by Crippen LogP contribution is 2.35. The van der Waals surface area contributed by atoms with Gasteiger partial charge in [-0.15, -0.1) is 0 Å². The summed E-state index contributed by atoms with van der Waals surface area (Å²) in [6.07, 6.45) is 0. The molecule has 3 nitrogen and oxygen atoms in total. The normalized spacial score (nSPS) is 18.1. The van der Waals surface area contributed by atoms with Crippen molar-refractivity contribution in [3.63, 3.8) is 0 Å². The Morgan fingerprint density at radius 2 is 1.60 bits per heavy atom. The van der Waals surface area contributed by atoms with Gasteiger partial charge in [0.25, 0.3) is 0 Å². The minimum atomic E-state index is -0.726. The zero-order valence-electron chi connectivity index (χ0n) is 11.5. The molecule has 20 heavy (non-hydrogen) atoms. The van der Waals surface area contributed by atoms with E-state index in [1.807, 2.05) is 43.3 Å². The van der Waals surface area contributed by atoms with Crippen molar-refractivity contribution in [1.82, 2.24) is 0 Å². The number of hydrogen-bond acceptors (Lipinski definition) is 2. The van der Waals surface area contributed by atoms with Crippen LogP contribution in [0.5, 0.6) is 0 Å². The zero-order valence-corrected chi connectivity index (χ0v) is 11.5. The lowest BCUT2D eigenvalue weighted by atomic mass is 9.83. The van der Waals surface area contributed by atoms with E-state index in [0.29, 0.717) is 11.3 Å². The summed E-state index contributed by atoms with van der Waals surface area (Å²) in [4.78, 5) is 26.8. The molecular weight excluding hydrogens is 250 g/mol. The summed E-state index contributed by atoms with van der Waals surface area (Å²) in [6.45, 7) is 1.93. The molecule has 0 fully saturated rings. The van der Waals surface area contributed by atoms with Gasteiger partial charge in [0, 0.05) is 12.6 Å². The number of para-hydroxylation sites is 1. The molecule has 1 heterocycles. The Morgan fingerprint density at radius 1 is 0.950 bits per heavy atom. The smallest absolute Gasteiger partial charge is 0.242 e. The van der Waals surface area contributed by atoms with Gasteiger partial charge in [-0.3, -0.25) is 9.59 Å². The number of anilines is 1. The molecule has 1 amide bonds. The molecule has 1 atom stereocenters. The van der Waals surface area contributed by atoms with Gasteiger partial charge in [-0.05, 0) is 30.2 Å². The van der Waals surface area contributed by atoms with Gasteiger partial charge >= 0.3 is 0 Å². The summed E-state index contributed by atoms with van der Waals surface area (Å²) < 4.78 is 0. The molecule has 0 bridgehead atoms. The van der Waals surface area contributed by atoms with Crippen LogP contribution in [-0.4, -0.2) is 18.7 Å². The van der Waals surface area contributed by atoms with Gasteiger partial charge in [-0.25, -0.2) is 0 Å². The Bertz CT molecular complexity index is 706. The van der Waals surface area contributed by atoms with Crippen molar-refractivity contribution in [1.29, 1.82) is 0 Å². The van der Waals surface area contributed by atoms with Gasteiger partial charge in [0.2, 0.25) is 5.91 Å². The van der Waals surface area contributed by atoms with Crippen LogP contribution < -0.4 is 4.90 Å². The number of benzene rings is 2. The van der Waals surface area contributed by atoms with Gasteiger partial charge in [-0.1, -0.05) is 36.4 Å². The number of nitrogens with zero attached hydrogens (tertiary/aromatic N) is 1. The summed E-state index contributed by atoms with van der Waals surface area (Å²) in [6, 6.07) is 14.8. The topological polar surface area (TPSA) is 37.4 Å². The van der Waals surface area contributed by atoms with Crippen LogP contribution in [0, 0.1) is 6.92 Å². The van der Waals surface area contributed by atoms with Crippen LogP contribution in [0.3, 0.4) is 0 Å². The second-order valence-electron chi connectivity index (χ2n) is 5.07. The first-order chi connectivity index (χ1) is 9.61. The number of carbonyl (C=O) groups excluding carboxylic acids is 2. The molecule has 2 aromatic rings. The summed E-state index contributed by atoms with van der Waals surface area (Å²) in [5.41, 5.74) is 3.06. The third-order valence-electron chi connectivity index (χ3n) is 3.87. The number of ketones is 1. The van der Waals surface area contributed by atoms with Crippen molar-refractivity contribution in [3.8, 4) is 0 Å². The molecule has 1 aliphatic rings. The predicted molar refractivity (Wildman–Crippen MR) is 78.1 cm³/mol. The Morgan fingerprint density at radius 3 is 2.35 bits per heavy atom. The van der Waals surface area contributed by atoms with E-state index in [4.69, 9.17) is 0 Å². The molecule has 3 rings (SSSR count). The number of likely N-dealkylation sites (N-methyl/N-ethyl adjacent to an activating group) is 1. The van der Waals surface area contributed by atoms with Crippen LogP contribution >= 0.6 is 0 Å². The molecular formula is C17H15NO2. The SMILES string of the molecule is Cc1ccccc1[C@H]1C(=O)c2ccccc2N(C)C1=O. The first-order valence-corrected chi connectivity index (χ1v) is 6.57. The molecule has 0 spiro atoms. The fraction of sp³-hybridized carbons (Fsp3) is 0.176. The number of rotatable bonds is 1. The Balaban J connectivity index is 2.18. The Hall–Kier alpha value is -2.42. The molecule has 1 aliphatic heterocycles. The van der Waals surface area contributed by atoms with Crippen molar-refractivity contribution in [2.75, 3.05) is 11.9 Å². The second kappa shape index (κ2) is 4.60. The maximum Gasteiger partial charge on any atom is 0.242 e. The van der Waals surface area contributed by atoms with E-state index in [0.717, 1.165) is 11.1 Å². The quantitative estimate of drug-likeness (QED) is 0.743. The minimum Gasteiger partial charge on any atom is -0.314 e. The molecule has 0 saturated carbocycles. The van der Waals surface area contributed by atoms with E-state index >= 15 is 0 Å². The molecule has 100 valence electrons. The van der Waals surface area contributed by atoms with Crippen LogP contribution in [-0.2, 0) is 4.79 Å². The number of carbonyl (C=O) groups is 2. The lowest BCUT2D eigenvalue weighted by molar-refractivity contribution is -0.119. The summed E-state index contributed by atoms with van der Waals surface area (Å²) in [5.74, 6) is -1.00. The van der Waals surface area contributed by atoms with Gasteiger partial charge < -0.3 is 4.90 Å². The van der Waals surface area contributed by atoms with E-state index in [2.05, 4.69) is 0 Å². The lowest BCUT2D eigenvalue weighted by Crippen LogP contribution is -2.41. The zero-order chi connectivity index (χ0) is 14.3. The van der Waals surface area contributed by atoms with Crippen molar-refractivity contribution < 1.29 is 9.59 Å². The lowest BCUT2D eigenvalue weighted by Gasteiger charge is -2.31. The van der Waals surface area contributed by atoms with Gasteiger partial charge in [0.05, 0.1) is 5.69 Å². The third kappa shape index (κ3) is 1.74. The number of fused-ring (bicyclic) bond motifs is 1. The molecule has 3 heteroatoms. The first-order valence-electron chi connectivity index (χ1n) is 6.57. The molecule has 0 N–H and O–H groups in total. The number of aryl methyl sites for hydroxylation is 1. The van der Waals surface area contributed by atoms with Crippen LogP contribution in [0.4, 0.5) is 5.69 Å². The summed E-state index contributed by atoms with van der Waals surface area (Å²) in [7, 11) is 1.72. The first kappa shape index (κ1) is 12.6. The minimum absolute atomic E-state index is 0.113. The molecule has 0 aliphatic carbocycles. The van der Waals surface area contributed by atoms with Gasteiger partial charge in [0.1, 0.15) is 5.92 Å². The highest BCUT2D eigenvalue weighted by molar-refractivity contribution is 6.24. The van der Waals surface area contributed by atoms with Gasteiger partial charge in [-0.2, -0.15) is 0 Å². The predicted octanol–water partition coefficient (Wildman–Crippen LogP) is 2.94. The largest absolute Gasteiger partial charge is 0.314 e. The third-order valence-corrected chi connectivity index (χ3v) is 3.87. The molecule has 0 saturated heterocycles. The van der Waals surface area contributed by atoms with Crippen molar-refractivity contribution in [3.05, 3.63) is 65.2 Å². The van der Waals surface area contributed by atoms with E-state index in [-0.39, 0.29) is 11.7 Å². The van der Waals surface area contributed by atoms with E-state index in [1.54, 1.807) is 24.1 Å². The molecule has 0 aromatic heterocycles. The van der Waals surface area contributed by atoms with E-state index in [9.17, 15) is 9.59 Å². The average Bonchev–Trinajstić information content (AvgIpc) is 2.47. The highest BCUT2D eigenvalue weighted by Gasteiger charge is 2.39. The number of Topliss-reactive ketones (excluding diaryl/α,β-unsaturated/α-hetero) is 1. The standard InChI is InChI=1S/C17H15NO2/c1-11-7-3-4-8-12(11)15-16(19)13-9-5-6-10-14(13)18(2)17(15)20/h3-10,15H,1-2H3/t15-/m0/s1. The molecule has 0 unspecified atom stereocenters. The van der Waals surface area contributed by atoms with E-state index in [1.165, 1.54) is 0 Å². The number of hydrogen-bond donors (Lipinski definition) is 0. The van der Waals surface area contributed by atoms with Crippen molar-refractivity contribution >= 4 is 17.4 Å². The van der Waals surface area contributed by atoms with Crippen molar-refractivity contribution in [2.24, 2.45) is 0 Å². The Kier molecular flexibility index (Phi) is 2.90. The second-order valence-corrected chi connectivity index (χ2v) is 5.07. The fourth-order valence-electron chi connectivity index (χ4n) is 2.74. The van der Waals surface area contributed by atoms with Crippen LogP contribution in [0.2, 0.25) is 0 Å². The monoisotopic (exact) mass is 265 g/mol. The maximum absolute atomic E-state index is 12.7. The highest BCUT2D eigenvalue weighted by atomic mass is 16.2. The van der Waals surface area contributed by atoms with Crippen LogP contribution in [0.25, 0.3) is 0 Å². The number of amides is 1. The molecule has 2 aromatic carbocycles. The van der Waals surface area contributed by atoms with Gasteiger partial charge in [0.15, 0.2) is 5.78 Å². The van der Waals surface area contributed by atoms with E-state index < -0.39 is 5.92 Å². The summed E-state index contributed by atoms with van der Waals surface area (Å²) in [5, 5.41) is 0. The maximum atomic E-state index is 12.7. The fourth-order valence-corrected chi connectivity index (χ4v) is 2.74. The summed E-state index contributed by atoms with van der Waals surface area (Å²) >= 11 is 0. The Labute approximate surface area is 117 Å².